The zero-order valence-electron chi connectivity index (χ0n) is 11.4. The number of fused-ring (bicyclic) bond motifs is 1. The van der Waals surface area contributed by atoms with E-state index in [0.717, 1.165) is 22.6 Å². The number of ether oxygens (including phenoxy) is 1. The van der Waals surface area contributed by atoms with E-state index < -0.39 is 11.2 Å². The van der Waals surface area contributed by atoms with Gasteiger partial charge in [0, 0.05) is 31.3 Å². The molecule has 108 valence electrons. The molecule has 1 aromatic carbocycles. The monoisotopic (exact) mass is 286 g/mol. The van der Waals surface area contributed by atoms with Gasteiger partial charge in [0.15, 0.2) is 0 Å². The first kappa shape index (κ1) is 13.2. The molecule has 0 aliphatic heterocycles. The first-order valence-corrected chi connectivity index (χ1v) is 6.48. The topological polar surface area (TPSA) is 92.8 Å². The van der Waals surface area contributed by atoms with E-state index in [4.69, 9.17) is 4.74 Å². The van der Waals surface area contributed by atoms with Crippen molar-refractivity contribution in [2.75, 3.05) is 7.11 Å². The van der Waals surface area contributed by atoms with Gasteiger partial charge in [0.05, 0.1) is 18.1 Å². The molecule has 0 saturated heterocycles. The summed E-state index contributed by atoms with van der Waals surface area (Å²) < 4.78 is 6.60. The summed E-state index contributed by atoms with van der Waals surface area (Å²) >= 11 is 0. The molecule has 0 amide bonds. The summed E-state index contributed by atoms with van der Waals surface area (Å²) in [6, 6.07) is 6.92. The molecule has 3 aromatic rings. The third kappa shape index (κ3) is 2.71. The Morgan fingerprint density at radius 1 is 1.24 bits per heavy atom. The van der Waals surface area contributed by atoms with Crippen LogP contribution in [0.15, 0.2) is 40.1 Å². The lowest BCUT2D eigenvalue weighted by Gasteiger charge is -2.01. The van der Waals surface area contributed by atoms with E-state index in [1.54, 1.807) is 7.11 Å². The van der Waals surface area contributed by atoms with Crippen molar-refractivity contribution in [2.24, 2.45) is 0 Å². The van der Waals surface area contributed by atoms with Crippen LogP contribution >= 0.6 is 0 Å². The molecule has 0 saturated carbocycles. The molecule has 0 fully saturated rings. The summed E-state index contributed by atoms with van der Waals surface area (Å²) in [6.07, 6.45) is 2.04. The fourth-order valence-corrected chi connectivity index (χ4v) is 2.13. The normalized spacial score (nSPS) is 10.9. The van der Waals surface area contributed by atoms with Gasteiger partial charge in [-0.25, -0.2) is 9.78 Å². The fourth-order valence-electron chi connectivity index (χ4n) is 2.13. The Morgan fingerprint density at radius 2 is 2.10 bits per heavy atom. The Morgan fingerprint density at radius 3 is 2.86 bits per heavy atom. The zero-order valence-corrected chi connectivity index (χ0v) is 11.4. The number of aromatic amines is 2. The minimum atomic E-state index is -0.416. The molecule has 2 aromatic heterocycles. The third-order valence-corrected chi connectivity index (χ3v) is 3.22. The molecule has 0 aliphatic rings. The van der Waals surface area contributed by atoms with E-state index in [9.17, 15) is 9.59 Å². The van der Waals surface area contributed by atoms with Crippen LogP contribution in [0.3, 0.4) is 0 Å². The minimum absolute atomic E-state index is 0.396. The van der Waals surface area contributed by atoms with E-state index in [1.807, 2.05) is 18.2 Å². The second-order valence-corrected chi connectivity index (χ2v) is 4.62. The maximum absolute atomic E-state index is 11.6. The Balaban J connectivity index is 1.81. The summed E-state index contributed by atoms with van der Waals surface area (Å²) in [5, 5.41) is 0. The molecule has 0 unspecified atom stereocenters. The van der Waals surface area contributed by atoms with Gasteiger partial charge in [0.2, 0.25) is 0 Å². The van der Waals surface area contributed by atoms with Crippen LogP contribution < -0.4 is 16.0 Å². The average Bonchev–Trinajstić information content (AvgIpc) is 2.88. The Labute approximate surface area is 119 Å². The molecule has 2 N–H and O–H groups in total. The number of H-pyrrole nitrogens is 2. The van der Waals surface area contributed by atoms with E-state index in [1.165, 1.54) is 16.8 Å². The summed E-state index contributed by atoms with van der Waals surface area (Å²) in [5.41, 5.74) is 0.921. The second kappa shape index (κ2) is 5.28. The van der Waals surface area contributed by atoms with Gasteiger partial charge in [-0.1, -0.05) is 0 Å². The van der Waals surface area contributed by atoms with Crippen molar-refractivity contribution < 1.29 is 4.74 Å². The molecule has 21 heavy (non-hydrogen) atoms. The van der Waals surface area contributed by atoms with Crippen LogP contribution in [-0.4, -0.2) is 26.6 Å². The van der Waals surface area contributed by atoms with Crippen LogP contribution in [0.1, 0.15) is 5.82 Å². The first-order valence-electron chi connectivity index (χ1n) is 6.48. The highest BCUT2D eigenvalue weighted by Crippen LogP contribution is 2.18. The predicted octanol–water partition coefficient (Wildman–Crippen LogP) is 0.664. The van der Waals surface area contributed by atoms with Crippen LogP contribution in [0.25, 0.3) is 11.0 Å². The van der Waals surface area contributed by atoms with Crippen molar-refractivity contribution in [2.45, 2.75) is 13.0 Å². The molecule has 3 rings (SSSR count). The molecular formula is C14H14N4O3. The molecule has 7 nitrogen and oxygen atoms in total. The van der Waals surface area contributed by atoms with Crippen LogP contribution in [0.4, 0.5) is 0 Å². The van der Waals surface area contributed by atoms with Gasteiger partial charge < -0.3 is 14.3 Å². The number of imidazole rings is 1. The lowest BCUT2D eigenvalue weighted by molar-refractivity contribution is 0.415. The SMILES string of the molecule is COc1ccc2nc(CCn3ccc(=O)[nH]c3=O)[nH]c2c1. The number of aryl methyl sites for hydroxylation is 2. The minimum Gasteiger partial charge on any atom is -0.497 e. The highest BCUT2D eigenvalue weighted by Gasteiger charge is 2.05. The molecule has 0 spiro atoms. The van der Waals surface area contributed by atoms with E-state index in [2.05, 4.69) is 15.0 Å². The number of aromatic nitrogens is 4. The zero-order chi connectivity index (χ0) is 14.8. The van der Waals surface area contributed by atoms with E-state index >= 15 is 0 Å². The number of hydrogen-bond acceptors (Lipinski definition) is 4. The largest absolute Gasteiger partial charge is 0.497 e. The highest BCUT2D eigenvalue weighted by atomic mass is 16.5. The van der Waals surface area contributed by atoms with Gasteiger partial charge in [-0.15, -0.1) is 0 Å². The lowest BCUT2D eigenvalue weighted by Crippen LogP contribution is -2.29. The van der Waals surface area contributed by atoms with Crippen molar-refractivity contribution in [3.05, 3.63) is 57.1 Å². The van der Waals surface area contributed by atoms with Crippen molar-refractivity contribution in [3.8, 4) is 5.75 Å². The van der Waals surface area contributed by atoms with Gasteiger partial charge in [-0.2, -0.15) is 0 Å². The molecule has 2 heterocycles. The standard InChI is InChI=1S/C14H14N4O3/c1-21-9-2-3-10-11(8-9)16-12(15-10)4-6-18-7-5-13(19)17-14(18)20/h2-3,5,7-8H,4,6H2,1H3,(H,15,16)(H,17,19,20). The summed E-state index contributed by atoms with van der Waals surface area (Å²) in [5.74, 6) is 1.53. The molecule has 0 bridgehead atoms. The van der Waals surface area contributed by atoms with Crippen molar-refractivity contribution in [1.29, 1.82) is 0 Å². The van der Waals surface area contributed by atoms with Gasteiger partial charge >= 0.3 is 5.69 Å². The van der Waals surface area contributed by atoms with Gasteiger partial charge in [0.25, 0.3) is 5.56 Å². The van der Waals surface area contributed by atoms with Gasteiger partial charge in [0.1, 0.15) is 11.6 Å². The summed E-state index contributed by atoms with van der Waals surface area (Å²) in [7, 11) is 1.61. The summed E-state index contributed by atoms with van der Waals surface area (Å²) in [4.78, 5) is 32.4. The summed E-state index contributed by atoms with van der Waals surface area (Å²) in [6.45, 7) is 0.437. The van der Waals surface area contributed by atoms with Crippen molar-refractivity contribution in [3.63, 3.8) is 0 Å². The van der Waals surface area contributed by atoms with Gasteiger partial charge in [-0.05, 0) is 12.1 Å². The predicted molar refractivity (Wildman–Crippen MR) is 77.7 cm³/mol. The maximum atomic E-state index is 11.6. The molecule has 0 aliphatic carbocycles. The number of nitrogens with one attached hydrogen (secondary N) is 2. The fraction of sp³-hybridized carbons (Fsp3) is 0.214. The Kier molecular flexibility index (Phi) is 3.31. The smallest absolute Gasteiger partial charge is 0.328 e. The number of hydrogen-bond donors (Lipinski definition) is 2. The second-order valence-electron chi connectivity index (χ2n) is 4.62. The lowest BCUT2D eigenvalue weighted by atomic mass is 10.3. The number of nitrogens with zero attached hydrogens (tertiary/aromatic N) is 2. The number of rotatable bonds is 4. The third-order valence-electron chi connectivity index (χ3n) is 3.22. The average molecular weight is 286 g/mol. The molecule has 7 heteroatoms. The first-order chi connectivity index (χ1) is 10.2. The highest BCUT2D eigenvalue weighted by molar-refractivity contribution is 5.76. The quantitative estimate of drug-likeness (QED) is 0.737. The van der Waals surface area contributed by atoms with Crippen molar-refractivity contribution in [1.82, 2.24) is 19.5 Å². The Hall–Kier alpha value is -2.83. The number of benzene rings is 1. The molecule has 0 radical (unpaired) electrons. The van der Waals surface area contributed by atoms with Crippen LogP contribution in [0.5, 0.6) is 5.75 Å². The van der Waals surface area contributed by atoms with Crippen LogP contribution in [-0.2, 0) is 13.0 Å². The van der Waals surface area contributed by atoms with E-state index in [0.29, 0.717) is 13.0 Å². The van der Waals surface area contributed by atoms with Crippen molar-refractivity contribution >= 4 is 11.0 Å². The van der Waals surface area contributed by atoms with E-state index in [-0.39, 0.29) is 0 Å². The maximum Gasteiger partial charge on any atom is 0.328 e. The van der Waals surface area contributed by atoms with Crippen LogP contribution in [0, 0.1) is 0 Å². The molecule has 0 atom stereocenters. The van der Waals surface area contributed by atoms with Crippen LogP contribution in [0.2, 0.25) is 0 Å². The Bertz CT molecular complexity index is 891. The molecular weight excluding hydrogens is 272 g/mol. The number of methoxy groups -OCH3 is 1. The van der Waals surface area contributed by atoms with Gasteiger partial charge in [-0.3, -0.25) is 9.78 Å².